The lowest BCUT2D eigenvalue weighted by Gasteiger charge is -2.26. The van der Waals surface area contributed by atoms with E-state index in [1.807, 2.05) is 11.8 Å². The maximum absolute atomic E-state index is 11.6. The van der Waals surface area contributed by atoms with Crippen molar-refractivity contribution in [1.82, 2.24) is 0 Å². The molecule has 0 aromatic rings. The van der Waals surface area contributed by atoms with Crippen molar-refractivity contribution in [1.29, 1.82) is 0 Å². The highest BCUT2D eigenvalue weighted by atomic mass is 32.2. The van der Waals surface area contributed by atoms with Gasteiger partial charge in [-0.1, -0.05) is 20.8 Å². The first-order valence-corrected chi connectivity index (χ1v) is 6.89. The Bertz CT molecular complexity index is 219. The van der Waals surface area contributed by atoms with Crippen molar-refractivity contribution < 1.29 is 9.53 Å². The summed E-state index contributed by atoms with van der Waals surface area (Å²) in [5.41, 5.74) is 5.11. The third kappa shape index (κ3) is 5.75. The average molecular weight is 247 g/mol. The van der Waals surface area contributed by atoms with Gasteiger partial charge < -0.3 is 10.5 Å². The number of rotatable bonds is 7. The number of hydrogen-bond acceptors (Lipinski definition) is 4. The number of nitrogens with two attached hydrogens (primary N) is 1. The van der Waals surface area contributed by atoms with Gasteiger partial charge in [-0.15, -0.1) is 0 Å². The maximum atomic E-state index is 11.6. The SMILES string of the molecule is CCOC(=O)C(C)(N)CC(C)SC(C)CC. The van der Waals surface area contributed by atoms with Crippen LogP contribution in [-0.4, -0.2) is 28.6 Å². The van der Waals surface area contributed by atoms with Crippen LogP contribution in [0, 0.1) is 0 Å². The minimum atomic E-state index is -0.865. The topological polar surface area (TPSA) is 52.3 Å². The summed E-state index contributed by atoms with van der Waals surface area (Å²) in [5, 5.41) is 0.974. The van der Waals surface area contributed by atoms with E-state index in [0.29, 0.717) is 23.5 Å². The first-order chi connectivity index (χ1) is 7.33. The Morgan fingerprint density at radius 2 is 1.94 bits per heavy atom. The minimum Gasteiger partial charge on any atom is -0.465 e. The lowest BCUT2D eigenvalue weighted by molar-refractivity contribution is -0.149. The first-order valence-electron chi connectivity index (χ1n) is 5.95. The summed E-state index contributed by atoms with van der Waals surface area (Å²) in [5.74, 6) is -0.299. The van der Waals surface area contributed by atoms with Gasteiger partial charge in [-0.3, -0.25) is 4.79 Å². The number of esters is 1. The summed E-state index contributed by atoms with van der Waals surface area (Å²) >= 11 is 1.87. The van der Waals surface area contributed by atoms with Crippen LogP contribution in [-0.2, 0) is 9.53 Å². The highest BCUT2D eigenvalue weighted by Crippen LogP contribution is 2.26. The molecule has 3 atom stereocenters. The molecule has 0 aromatic heterocycles. The molecule has 0 radical (unpaired) electrons. The molecule has 0 fully saturated rings. The van der Waals surface area contributed by atoms with E-state index in [1.54, 1.807) is 13.8 Å². The second-order valence-corrected chi connectivity index (χ2v) is 6.39. The van der Waals surface area contributed by atoms with E-state index < -0.39 is 5.54 Å². The predicted molar refractivity (Wildman–Crippen MR) is 70.6 cm³/mol. The van der Waals surface area contributed by atoms with Crippen LogP contribution in [0.15, 0.2) is 0 Å². The van der Waals surface area contributed by atoms with Crippen molar-refractivity contribution in [2.75, 3.05) is 6.61 Å². The molecule has 0 spiro atoms. The van der Waals surface area contributed by atoms with Crippen LogP contribution in [0.3, 0.4) is 0 Å². The fourth-order valence-electron chi connectivity index (χ4n) is 1.52. The van der Waals surface area contributed by atoms with Crippen molar-refractivity contribution in [3.8, 4) is 0 Å². The molecule has 4 heteroatoms. The molecule has 0 heterocycles. The molecule has 0 aliphatic carbocycles. The summed E-state index contributed by atoms with van der Waals surface area (Å²) in [6.45, 7) is 10.4. The van der Waals surface area contributed by atoms with Gasteiger partial charge in [-0.05, 0) is 26.7 Å². The van der Waals surface area contributed by atoms with Crippen LogP contribution in [0.1, 0.15) is 47.5 Å². The van der Waals surface area contributed by atoms with E-state index in [4.69, 9.17) is 10.5 Å². The van der Waals surface area contributed by atoms with Crippen LogP contribution in [0.25, 0.3) is 0 Å². The molecule has 0 saturated carbocycles. The molecule has 0 bridgehead atoms. The summed E-state index contributed by atoms with van der Waals surface area (Å²) in [6.07, 6.45) is 1.79. The third-order valence-corrected chi connectivity index (χ3v) is 3.92. The van der Waals surface area contributed by atoms with Gasteiger partial charge in [0.2, 0.25) is 0 Å². The Morgan fingerprint density at radius 3 is 2.38 bits per heavy atom. The number of thioether (sulfide) groups is 1. The highest BCUT2D eigenvalue weighted by Gasteiger charge is 2.32. The zero-order valence-electron chi connectivity index (χ0n) is 11.1. The van der Waals surface area contributed by atoms with Gasteiger partial charge in [0.1, 0.15) is 5.54 Å². The summed E-state index contributed by atoms with van der Waals surface area (Å²) < 4.78 is 4.97. The minimum absolute atomic E-state index is 0.299. The van der Waals surface area contributed by atoms with Gasteiger partial charge in [0.05, 0.1) is 6.61 Å². The lowest BCUT2D eigenvalue weighted by Crippen LogP contribution is -2.48. The van der Waals surface area contributed by atoms with Crippen LogP contribution >= 0.6 is 11.8 Å². The fraction of sp³-hybridized carbons (Fsp3) is 0.917. The lowest BCUT2D eigenvalue weighted by atomic mass is 9.98. The molecule has 16 heavy (non-hydrogen) atoms. The van der Waals surface area contributed by atoms with Crippen LogP contribution in [0.4, 0.5) is 0 Å². The van der Waals surface area contributed by atoms with E-state index in [9.17, 15) is 4.79 Å². The van der Waals surface area contributed by atoms with Crippen molar-refractivity contribution in [2.45, 2.75) is 63.5 Å². The largest absolute Gasteiger partial charge is 0.465 e. The second-order valence-electron chi connectivity index (χ2n) is 4.51. The van der Waals surface area contributed by atoms with Gasteiger partial charge in [-0.25, -0.2) is 0 Å². The second kappa shape index (κ2) is 7.17. The quantitative estimate of drug-likeness (QED) is 0.703. The standard InChI is InChI=1S/C12H25NO2S/c1-6-9(3)16-10(4)8-12(5,13)11(14)15-7-2/h9-10H,6-8,13H2,1-5H3. The van der Waals surface area contributed by atoms with E-state index >= 15 is 0 Å². The van der Waals surface area contributed by atoms with E-state index in [1.165, 1.54) is 0 Å². The maximum Gasteiger partial charge on any atom is 0.325 e. The van der Waals surface area contributed by atoms with Crippen molar-refractivity contribution in [3.63, 3.8) is 0 Å². The van der Waals surface area contributed by atoms with Crippen molar-refractivity contribution >= 4 is 17.7 Å². The molecular weight excluding hydrogens is 222 g/mol. The van der Waals surface area contributed by atoms with Crippen LogP contribution in [0.2, 0.25) is 0 Å². The number of hydrogen-bond donors (Lipinski definition) is 1. The molecule has 96 valence electrons. The third-order valence-electron chi connectivity index (χ3n) is 2.49. The normalized spacial score (nSPS) is 18.6. The first kappa shape index (κ1) is 15.8. The van der Waals surface area contributed by atoms with E-state index in [2.05, 4.69) is 20.8 Å². The molecule has 0 rings (SSSR count). The van der Waals surface area contributed by atoms with Gasteiger partial charge in [-0.2, -0.15) is 11.8 Å². The molecule has 0 aromatic carbocycles. The van der Waals surface area contributed by atoms with Gasteiger partial charge >= 0.3 is 5.97 Å². The van der Waals surface area contributed by atoms with Crippen LogP contribution in [0.5, 0.6) is 0 Å². The van der Waals surface area contributed by atoms with E-state index in [0.717, 1.165) is 6.42 Å². The molecule has 0 saturated heterocycles. The summed E-state index contributed by atoms with van der Waals surface area (Å²) in [4.78, 5) is 11.6. The monoisotopic (exact) mass is 247 g/mol. The number of carbonyl (C=O) groups excluding carboxylic acids is 1. The predicted octanol–water partition coefficient (Wildman–Crippen LogP) is 2.58. The summed E-state index contributed by atoms with van der Waals surface area (Å²) in [6, 6.07) is 0. The van der Waals surface area contributed by atoms with Gasteiger partial charge in [0.25, 0.3) is 0 Å². The smallest absolute Gasteiger partial charge is 0.325 e. The number of carbonyl (C=O) groups is 1. The Kier molecular flexibility index (Phi) is 7.07. The Labute approximate surface area is 103 Å². The molecular formula is C12H25NO2S. The molecule has 0 aliphatic heterocycles. The Hall–Kier alpha value is -0.220. The van der Waals surface area contributed by atoms with Gasteiger partial charge in [0, 0.05) is 10.5 Å². The van der Waals surface area contributed by atoms with Gasteiger partial charge in [0.15, 0.2) is 0 Å². The molecule has 2 N–H and O–H groups in total. The number of ether oxygens (including phenoxy) is 1. The zero-order chi connectivity index (χ0) is 12.8. The Balaban J connectivity index is 4.18. The Morgan fingerprint density at radius 1 is 1.38 bits per heavy atom. The molecule has 3 nitrogen and oxygen atoms in total. The molecule has 0 amide bonds. The average Bonchev–Trinajstić information content (AvgIpc) is 2.16. The molecule has 0 aliphatic rings. The molecule has 3 unspecified atom stereocenters. The van der Waals surface area contributed by atoms with Crippen LogP contribution < -0.4 is 5.73 Å². The summed E-state index contributed by atoms with van der Waals surface area (Å²) in [7, 11) is 0. The fourth-order valence-corrected chi connectivity index (χ4v) is 2.95. The highest BCUT2D eigenvalue weighted by molar-refractivity contribution is 8.00. The van der Waals surface area contributed by atoms with Crippen molar-refractivity contribution in [2.24, 2.45) is 5.73 Å². The van der Waals surface area contributed by atoms with Crippen molar-refractivity contribution in [3.05, 3.63) is 0 Å². The van der Waals surface area contributed by atoms with E-state index in [-0.39, 0.29) is 5.97 Å². The zero-order valence-corrected chi connectivity index (χ0v) is 11.9.